The summed E-state index contributed by atoms with van der Waals surface area (Å²) in [6.45, 7) is 8.96. The van der Waals surface area contributed by atoms with Gasteiger partial charge in [0.1, 0.15) is 17.2 Å². The van der Waals surface area contributed by atoms with Crippen molar-refractivity contribution >= 4 is 17.9 Å². The van der Waals surface area contributed by atoms with Crippen LogP contribution >= 0.6 is 0 Å². The average Bonchev–Trinajstić information content (AvgIpc) is 2.99. The van der Waals surface area contributed by atoms with Gasteiger partial charge in [-0.1, -0.05) is 24.8 Å². The maximum Gasteiger partial charge on any atom is 0.348 e. The zero-order valence-corrected chi connectivity index (χ0v) is 25.7. The number of carbonyl (C=O) groups excluding carboxylic acids is 3. The Morgan fingerprint density at radius 1 is 0.795 bits per heavy atom. The molecule has 0 N–H and O–H groups in total. The molecule has 0 amide bonds. The molecule has 0 radical (unpaired) electrons. The summed E-state index contributed by atoms with van der Waals surface area (Å²) in [6, 6.07) is 18.8. The fourth-order valence-electron chi connectivity index (χ4n) is 4.00. The number of carbonyl (C=O) groups is 3. The Labute approximate surface area is 257 Å². The van der Waals surface area contributed by atoms with Gasteiger partial charge in [-0.3, -0.25) is 0 Å². The van der Waals surface area contributed by atoms with E-state index in [1.165, 1.54) is 31.4 Å². The summed E-state index contributed by atoms with van der Waals surface area (Å²) in [6.07, 6.45) is 3.57. The number of alkyl halides is 1. The predicted octanol–water partition coefficient (Wildman–Crippen LogP) is 7.22. The van der Waals surface area contributed by atoms with Gasteiger partial charge >= 0.3 is 17.9 Å². The quantitative estimate of drug-likeness (QED) is 0.0730. The molecule has 0 aliphatic heterocycles. The minimum absolute atomic E-state index is 0.131. The van der Waals surface area contributed by atoms with Crippen molar-refractivity contribution in [2.75, 3.05) is 26.9 Å². The number of aryl methyl sites for hydroxylation is 1. The molecule has 0 spiro atoms. The highest BCUT2D eigenvalue weighted by atomic mass is 19.1. The topological polar surface area (TPSA) is 97.4 Å². The van der Waals surface area contributed by atoms with Gasteiger partial charge in [0.25, 0.3) is 0 Å². The van der Waals surface area contributed by atoms with Crippen LogP contribution in [0.5, 0.6) is 17.2 Å². The summed E-state index contributed by atoms with van der Waals surface area (Å²) in [5.41, 5.74) is 1.40. The number of benzene rings is 3. The normalized spacial score (nSPS) is 11.0. The number of methoxy groups -OCH3 is 1. The Hall–Kier alpha value is -4.50. The maximum absolute atomic E-state index is 13.7. The number of esters is 3. The van der Waals surface area contributed by atoms with Crippen LogP contribution < -0.4 is 14.2 Å². The van der Waals surface area contributed by atoms with Crippen molar-refractivity contribution in [3.8, 4) is 28.4 Å². The van der Waals surface area contributed by atoms with E-state index in [2.05, 4.69) is 6.58 Å². The van der Waals surface area contributed by atoms with Crippen LogP contribution in [0, 0.1) is 6.92 Å². The lowest BCUT2D eigenvalue weighted by molar-refractivity contribution is -0.145. The molecule has 0 fully saturated rings. The van der Waals surface area contributed by atoms with Gasteiger partial charge in [0.15, 0.2) is 0 Å². The van der Waals surface area contributed by atoms with Crippen LogP contribution in [0.25, 0.3) is 11.1 Å². The van der Waals surface area contributed by atoms with Gasteiger partial charge in [0, 0.05) is 7.11 Å². The van der Waals surface area contributed by atoms with Crippen LogP contribution in [0.3, 0.4) is 0 Å². The van der Waals surface area contributed by atoms with Crippen molar-refractivity contribution in [3.63, 3.8) is 0 Å². The van der Waals surface area contributed by atoms with Crippen LogP contribution in [0.15, 0.2) is 78.9 Å². The zero-order valence-electron chi connectivity index (χ0n) is 25.7. The molecule has 0 aromatic heterocycles. The third kappa shape index (κ3) is 10.6. The Morgan fingerprint density at radius 3 is 2.00 bits per heavy atom. The second-order valence-electron chi connectivity index (χ2n) is 10.7. The molecule has 0 unspecified atom stereocenters. The monoisotopic (exact) mass is 606 g/mol. The molecule has 234 valence electrons. The molecule has 0 saturated carbocycles. The van der Waals surface area contributed by atoms with Crippen LogP contribution in [0.2, 0.25) is 0 Å². The Morgan fingerprint density at radius 2 is 1.39 bits per heavy atom. The van der Waals surface area contributed by atoms with E-state index in [9.17, 15) is 18.8 Å². The van der Waals surface area contributed by atoms with E-state index < -0.39 is 23.6 Å². The summed E-state index contributed by atoms with van der Waals surface area (Å²) in [7, 11) is 1.51. The van der Waals surface area contributed by atoms with Crippen molar-refractivity contribution in [2.24, 2.45) is 0 Å². The largest absolute Gasteiger partial charge is 0.493 e. The number of halogens is 1. The lowest BCUT2D eigenvalue weighted by atomic mass is 10.0. The van der Waals surface area contributed by atoms with Gasteiger partial charge in [-0.25, -0.2) is 18.8 Å². The number of unbranched alkanes of at least 4 members (excludes halogenated alkanes) is 3. The van der Waals surface area contributed by atoms with Crippen LogP contribution in [0.1, 0.15) is 55.5 Å². The second kappa shape index (κ2) is 16.4. The first-order valence-corrected chi connectivity index (χ1v) is 14.4. The summed E-state index contributed by atoms with van der Waals surface area (Å²) < 4.78 is 40.1. The van der Waals surface area contributed by atoms with Gasteiger partial charge in [-0.15, -0.1) is 0 Å². The van der Waals surface area contributed by atoms with Crippen molar-refractivity contribution in [2.45, 2.75) is 52.1 Å². The minimum atomic E-state index is -2.12. The van der Waals surface area contributed by atoms with E-state index in [-0.39, 0.29) is 17.9 Å². The third-order valence-corrected chi connectivity index (χ3v) is 6.50. The minimum Gasteiger partial charge on any atom is -0.493 e. The van der Waals surface area contributed by atoms with Crippen LogP contribution in [-0.2, 0) is 19.1 Å². The fourth-order valence-corrected chi connectivity index (χ4v) is 4.00. The van der Waals surface area contributed by atoms with Crippen LogP contribution in [0.4, 0.5) is 4.39 Å². The molecule has 9 heteroatoms. The van der Waals surface area contributed by atoms with E-state index in [1.807, 2.05) is 37.3 Å². The molecule has 3 aromatic rings. The summed E-state index contributed by atoms with van der Waals surface area (Å²) in [4.78, 5) is 35.9. The van der Waals surface area contributed by atoms with E-state index in [1.54, 1.807) is 12.1 Å². The molecule has 0 saturated heterocycles. The predicted molar refractivity (Wildman–Crippen MR) is 165 cm³/mol. The maximum atomic E-state index is 13.7. The number of rotatable bonds is 16. The Balaban J connectivity index is 1.42. The van der Waals surface area contributed by atoms with E-state index >= 15 is 0 Å². The van der Waals surface area contributed by atoms with Gasteiger partial charge < -0.3 is 23.7 Å². The van der Waals surface area contributed by atoms with Crippen LogP contribution in [-0.4, -0.2) is 50.5 Å². The number of hydrogen-bond acceptors (Lipinski definition) is 8. The van der Waals surface area contributed by atoms with Crippen molar-refractivity contribution in [3.05, 3.63) is 90.0 Å². The smallest absolute Gasteiger partial charge is 0.348 e. The standard InChI is InChI=1S/C35H39FO8/c1-24-22-28(14-19-31(24)41-20-8-6-7-9-21-42-32(37)25(2)23-40-5)26-10-15-29(16-11-26)43-33(38)27-12-17-30(18-13-27)44-34(39)35(3,4)36/h10-19,22H,2,6-9,20-21,23H2,1,3-5H3. The first-order valence-electron chi connectivity index (χ1n) is 14.4. The molecule has 8 nitrogen and oxygen atoms in total. The van der Waals surface area contributed by atoms with Crippen molar-refractivity contribution in [1.29, 1.82) is 0 Å². The molecule has 44 heavy (non-hydrogen) atoms. The van der Waals surface area contributed by atoms with E-state index in [4.69, 9.17) is 23.7 Å². The first-order chi connectivity index (χ1) is 21.0. The molecule has 3 aromatic carbocycles. The highest BCUT2D eigenvalue weighted by Crippen LogP contribution is 2.28. The highest BCUT2D eigenvalue weighted by Gasteiger charge is 2.29. The van der Waals surface area contributed by atoms with Crippen molar-refractivity contribution in [1.82, 2.24) is 0 Å². The molecule has 0 heterocycles. The molecule has 0 atom stereocenters. The lowest BCUT2D eigenvalue weighted by Crippen LogP contribution is -2.30. The SMILES string of the molecule is C=C(COC)C(=O)OCCCCCCOc1ccc(-c2ccc(OC(=O)c3ccc(OC(=O)C(C)(C)F)cc3)cc2)cc1C. The van der Waals surface area contributed by atoms with Crippen molar-refractivity contribution < 1.29 is 42.5 Å². The Kier molecular flexibility index (Phi) is 12.7. The Bertz CT molecular complexity index is 1420. The zero-order chi connectivity index (χ0) is 32.1. The van der Waals surface area contributed by atoms with E-state index in [0.717, 1.165) is 62.0 Å². The summed E-state index contributed by atoms with van der Waals surface area (Å²) in [5, 5.41) is 0. The highest BCUT2D eigenvalue weighted by molar-refractivity contribution is 5.91. The third-order valence-electron chi connectivity index (χ3n) is 6.50. The second-order valence-corrected chi connectivity index (χ2v) is 10.7. The average molecular weight is 607 g/mol. The van der Waals surface area contributed by atoms with Gasteiger partial charge in [-0.2, -0.15) is 0 Å². The summed E-state index contributed by atoms with van der Waals surface area (Å²) >= 11 is 0. The fraction of sp³-hybridized carbons (Fsp3) is 0.343. The molecular formula is C35H39FO8. The molecule has 0 aliphatic rings. The molecular weight excluding hydrogens is 567 g/mol. The number of hydrogen-bond donors (Lipinski definition) is 0. The van der Waals surface area contributed by atoms with Gasteiger partial charge in [0.2, 0.25) is 5.67 Å². The van der Waals surface area contributed by atoms with Gasteiger partial charge in [0.05, 0.1) is 31.0 Å². The molecule has 0 aliphatic carbocycles. The first kappa shape index (κ1) is 34.0. The summed E-state index contributed by atoms with van der Waals surface area (Å²) in [5.74, 6) is -0.686. The number of ether oxygens (including phenoxy) is 5. The van der Waals surface area contributed by atoms with Gasteiger partial charge in [-0.05, 0) is 112 Å². The molecule has 0 bridgehead atoms. The molecule has 3 rings (SSSR count). The lowest BCUT2D eigenvalue weighted by Gasteiger charge is -2.13. The van der Waals surface area contributed by atoms with E-state index in [0.29, 0.717) is 24.5 Å².